The summed E-state index contributed by atoms with van der Waals surface area (Å²) in [6, 6.07) is 12.3. The predicted octanol–water partition coefficient (Wildman–Crippen LogP) is 3.92. The van der Waals surface area contributed by atoms with E-state index in [2.05, 4.69) is 5.32 Å². The molecule has 182 valence electrons. The van der Waals surface area contributed by atoms with E-state index in [0.717, 1.165) is 11.8 Å². The summed E-state index contributed by atoms with van der Waals surface area (Å²) in [5.74, 6) is 1.60. The van der Waals surface area contributed by atoms with E-state index < -0.39 is 10.0 Å². The van der Waals surface area contributed by atoms with Crippen molar-refractivity contribution in [2.75, 3.05) is 37.4 Å². The summed E-state index contributed by atoms with van der Waals surface area (Å²) < 4.78 is 42.5. The SMILES string of the molecule is CCOc1ccc([C@H](C)NC(=O)CCCN(c2ccccc2OC)S(C)(=O)=O)cc1OCC. The molecule has 2 aromatic rings. The standard InChI is InChI=1S/C24H34N2O6S/c1-6-31-22-15-14-19(17-23(22)32-7-2)18(3)25-24(27)13-10-16-26(33(5,28)29)20-11-8-9-12-21(20)30-4/h8-9,11-12,14-15,17-18H,6-7,10,13,16H2,1-5H3,(H,25,27)/t18-/m0/s1. The number of amides is 1. The number of carbonyl (C=O) groups is 1. The average Bonchev–Trinajstić information content (AvgIpc) is 2.77. The predicted molar refractivity (Wildman–Crippen MR) is 130 cm³/mol. The molecule has 0 aromatic heterocycles. The Hall–Kier alpha value is -2.94. The number of anilines is 1. The van der Waals surface area contributed by atoms with Crippen molar-refractivity contribution >= 4 is 21.6 Å². The lowest BCUT2D eigenvalue weighted by atomic mass is 10.1. The van der Waals surface area contributed by atoms with Gasteiger partial charge < -0.3 is 19.5 Å². The van der Waals surface area contributed by atoms with Gasteiger partial charge in [0.1, 0.15) is 5.75 Å². The summed E-state index contributed by atoms with van der Waals surface area (Å²) in [5.41, 5.74) is 1.34. The molecule has 1 atom stereocenters. The normalized spacial score (nSPS) is 12.0. The molecule has 0 aliphatic heterocycles. The van der Waals surface area contributed by atoms with Gasteiger partial charge in [0.25, 0.3) is 0 Å². The summed E-state index contributed by atoms with van der Waals surface area (Å²) in [6.45, 7) is 6.90. The number of hydrogen-bond donors (Lipinski definition) is 1. The highest BCUT2D eigenvalue weighted by Gasteiger charge is 2.21. The van der Waals surface area contributed by atoms with Crippen molar-refractivity contribution in [2.45, 2.75) is 39.7 Å². The van der Waals surface area contributed by atoms with Crippen LogP contribution in [-0.4, -0.2) is 47.4 Å². The van der Waals surface area contributed by atoms with Crippen LogP contribution in [0.1, 0.15) is 45.2 Å². The molecule has 0 saturated heterocycles. The number of para-hydroxylation sites is 2. The van der Waals surface area contributed by atoms with Crippen LogP contribution < -0.4 is 23.8 Å². The molecule has 1 N–H and O–H groups in total. The first kappa shape index (κ1) is 26.3. The second-order valence-corrected chi connectivity index (χ2v) is 9.38. The van der Waals surface area contributed by atoms with Gasteiger partial charge in [-0.3, -0.25) is 9.10 Å². The smallest absolute Gasteiger partial charge is 0.232 e. The molecule has 0 spiro atoms. The molecule has 0 heterocycles. The highest BCUT2D eigenvalue weighted by molar-refractivity contribution is 7.92. The van der Waals surface area contributed by atoms with Gasteiger partial charge in [0, 0.05) is 13.0 Å². The molecule has 8 nitrogen and oxygen atoms in total. The second-order valence-electron chi connectivity index (χ2n) is 7.47. The molecule has 2 rings (SSSR count). The summed E-state index contributed by atoms with van der Waals surface area (Å²) in [4.78, 5) is 12.5. The first-order chi connectivity index (χ1) is 15.7. The van der Waals surface area contributed by atoms with Crippen molar-refractivity contribution in [3.63, 3.8) is 0 Å². The summed E-state index contributed by atoms with van der Waals surface area (Å²) in [6.07, 6.45) is 1.68. The van der Waals surface area contributed by atoms with Crippen molar-refractivity contribution in [1.29, 1.82) is 0 Å². The minimum absolute atomic E-state index is 0.164. The maximum absolute atomic E-state index is 12.5. The average molecular weight is 479 g/mol. The van der Waals surface area contributed by atoms with Gasteiger partial charge >= 0.3 is 0 Å². The fourth-order valence-electron chi connectivity index (χ4n) is 3.42. The monoisotopic (exact) mass is 478 g/mol. The van der Waals surface area contributed by atoms with Gasteiger partial charge in [0.2, 0.25) is 15.9 Å². The van der Waals surface area contributed by atoms with Crippen LogP contribution >= 0.6 is 0 Å². The molecule has 0 fully saturated rings. The Morgan fingerprint density at radius 2 is 1.70 bits per heavy atom. The van der Waals surface area contributed by atoms with E-state index in [1.54, 1.807) is 24.3 Å². The molecule has 0 radical (unpaired) electrons. The van der Waals surface area contributed by atoms with Crippen molar-refractivity contribution < 1.29 is 27.4 Å². The summed E-state index contributed by atoms with van der Waals surface area (Å²) >= 11 is 0. The maximum Gasteiger partial charge on any atom is 0.232 e. The van der Waals surface area contributed by atoms with Gasteiger partial charge in [0.15, 0.2) is 11.5 Å². The van der Waals surface area contributed by atoms with Crippen LogP contribution in [0.5, 0.6) is 17.2 Å². The number of sulfonamides is 1. The van der Waals surface area contributed by atoms with E-state index in [1.165, 1.54) is 11.4 Å². The number of rotatable bonds is 13. The van der Waals surface area contributed by atoms with Gasteiger partial charge in [-0.1, -0.05) is 18.2 Å². The Bertz CT molecular complexity index is 1030. The van der Waals surface area contributed by atoms with E-state index >= 15 is 0 Å². The van der Waals surface area contributed by atoms with Crippen LogP contribution in [0.25, 0.3) is 0 Å². The highest BCUT2D eigenvalue weighted by Crippen LogP contribution is 2.31. The quantitative estimate of drug-likeness (QED) is 0.469. The van der Waals surface area contributed by atoms with Gasteiger partial charge in [-0.2, -0.15) is 0 Å². The topological polar surface area (TPSA) is 94.2 Å². The molecule has 0 saturated carbocycles. The molecule has 2 aromatic carbocycles. The molecule has 0 aliphatic rings. The number of methoxy groups -OCH3 is 1. The number of nitrogens with one attached hydrogen (secondary N) is 1. The first-order valence-electron chi connectivity index (χ1n) is 11.0. The van der Waals surface area contributed by atoms with Crippen LogP contribution in [0.15, 0.2) is 42.5 Å². The minimum atomic E-state index is -3.54. The molecule has 0 unspecified atom stereocenters. The molecule has 33 heavy (non-hydrogen) atoms. The van der Waals surface area contributed by atoms with Crippen LogP contribution in [0, 0.1) is 0 Å². The van der Waals surface area contributed by atoms with Gasteiger partial charge in [-0.25, -0.2) is 8.42 Å². The Balaban J connectivity index is 2.00. The van der Waals surface area contributed by atoms with Crippen LogP contribution in [0.4, 0.5) is 5.69 Å². The van der Waals surface area contributed by atoms with E-state index in [-0.39, 0.29) is 24.9 Å². The van der Waals surface area contributed by atoms with Crippen molar-refractivity contribution in [3.05, 3.63) is 48.0 Å². The third-order valence-electron chi connectivity index (χ3n) is 4.96. The molecular formula is C24H34N2O6S. The molecule has 9 heteroatoms. The van der Waals surface area contributed by atoms with Crippen molar-refractivity contribution in [3.8, 4) is 17.2 Å². The van der Waals surface area contributed by atoms with Gasteiger partial charge in [0.05, 0.1) is 38.3 Å². The largest absolute Gasteiger partial charge is 0.495 e. The fraction of sp³-hybridized carbons (Fsp3) is 0.458. The molecule has 0 bridgehead atoms. The van der Waals surface area contributed by atoms with Gasteiger partial charge in [-0.15, -0.1) is 0 Å². The second kappa shape index (κ2) is 12.3. The Morgan fingerprint density at radius 3 is 2.33 bits per heavy atom. The van der Waals surface area contributed by atoms with Crippen LogP contribution in [0.2, 0.25) is 0 Å². The zero-order valence-electron chi connectivity index (χ0n) is 20.0. The lowest BCUT2D eigenvalue weighted by Crippen LogP contribution is -2.32. The van der Waals surface area contributed by atoms with Crippen molar-refractivity contribution in [1.82, 2.24) is 5.32 Å². The summed E-state index contributed by atoms with van der Waals surface area (Å²) in [5, 5.41) is 2.96. The minimum Gasteiger partial charge on any atom is -0.495 e. The number of ether oxygens (including phenoxy) is 3. The lowest BCUT2D eigenvalue weighted by molar-refractivity contribution is -0.121. The summed E-state index contributed by atoms with van der Waals surface area (Å²) in [7, 11) is -2.05. The maximum atomic E-state index is 12.5. The number of benzene rings is 2. The Labute approximate surface area is 196 Å². The molecule has 1 amide bonds. The zero-order valence-corrected chi connectivity index (χ0v) is 20.8. The van der Waals surface area contributed by atoms with E-state index in [1.807, 2.05) is 39.0 Å². The number of nitrogens with zero attached hydrogens (tertiary/aromatic N) is 1. The molecular weight excluding hydrogens is 444 g/mol. The third-order valence-corrected chi connectivity index (χ3v) is 6.14. The Morgan fingerprint density at radius 1 is 1.03 bits per heavy atom. The Kier molecular flexibility index (Phi) is 9.84. The highest BCUT2D eigenvalue weighted by atomic mass is 32.2. The van der Waals surface area contributed by atoms with E-state index in [4.69, 9.17) is 14.2 Å². The van der Waals surface area contributed by atoms with E-state index in [0.29, 0.717) is 42.6 Å². The van der Waals surface area contributed by atoms with Crippen LogP contribution in [0.3, 0.4) is 0 Å². The first-order valence-corrected chi connectivity index (χ1v) is 12.9. The fourth-order valence-corrected chi connectivity index (χ4v) is 4.39. The lowest BCUT2D eigenvalue weighted by Gasteiger charge is -2.24. The van der Waals surface area contributed by atoms with E-state index in [9.17, 15) is 13.2 Å². The zero-order chi connectivity index (χ0) is 24.4. The van der Waals surface area contributed by atoms with Crippen molar-refractivity contribution in [2.24, 2.45) is 0 Å². The number of hydrogen-bond acceptors (Lipinski definition) is 6. The molecule has 0 aliphatic carbocycles. The third kappa shape index (κ3) is 7.56. The number of carbonyl (C=O) groups excluding carboxylic acids is 1. The van der Waals surface area contributed by atoms with Gasteiger partial charge in [-0.05, 0) is 57.0 Å². The van der Waals surface area contributed by atoms with Crippen LogP contribution in [-0.2, 0) is 14.8 Å².